The predicted octanol–water partition coefficient (Wildman–Crippen LogP) is 2.91. The van der Waals surface area contributed by atoms with Crippen LogP contribution in [0.15, 0.2) is 48.5 Å². The van der Waals surface area contributed by atoms with Gasteiger partial charge >= 0.3 is 0 Å². The summed E-state index contributed by atoms with van der Waals surface area (Å²) in [6, 6.07) is 13.8. The molecule has 6 heteroatoms. The number of carbonyl (C=O) groups excluding carboxylic acids is 2. The van der Waals surface area contributed by atoms with Gasteiger partial charge in [0.15, 0.2) is 0 Å². The maximum absolute atomic E-state index is 13.1. The van der Waals surface area contributed by atoms with Gasteiger partial charge in [-0.3, -0.25) is 9.59 Å². The Kier molecular flexibility index (Phi) is 4.79. The van der Waals surface area contributed by atoms with Crippen molar-refractivity contribution in [3.8, 4) is 0 Å². The first kappa shape index (κ1) is 17.5. The lowest BCUT2D eigenvalue weighted by atomic mass is 10.1. The zero-order valence-electron chi connectivity index (χ0n) is 15.1. The largest absolute Gasteiger partial charge is 0.368 e. The minimum atomic E-state index is -0.244. The predicted molar refractivity (Wildman–Crippen MR) is 103 cm³/mol. The molecule has 0 aliphatic carbocycles. The Morgan fingerprint density at radius 1 is 0.815 bits per heavy atom. The molecule has 2 aromatic rings. The highest BCUT2D eigenvalue weighted by atomic mass is 19.1. The fraction of sp³-hybridized carbons (Fsp3) is 0.333. The molecule has 2 aliphatic heterocycles. The van der Waals surface area contributed by atoms with Crippen LogP contribution < -0.4 is 9.80 Å². The second-order valence-electron chi connectivity index (χ2n) is 6.95. The molecule has 2 heterocycles. The van der Waals surface area contributed by atoms with Gasteiger partial charge in [0, 0.05) is 56.1 Å². The van der Waals surface area contributed by atoms with Crippen molar-refractivity contribution in [1.29, 1.82) is 0 Å². The van der Waals surface area contributed by atoms with Gasteiger partial charge in [-0.15, -0.1) is 0 Å². The average molecular weight is 367 g/mol. The standard InChI is InChI=1S/C21H22FN3O2/c22-17-5-9-18(10-6-17)23-12-14-24(15-13-23)21(27)16-3-7-19(8-4-16)25-11-1-2-20(25)26/h3-10H,1-2,11-15H2. The number of halogens is 1. The van der Waals surface area contributed by atoms with Gasteiger partial charge in [-0.05, 0) is 55.0 Å². The molecule has 2 aromatic carbocycles. The monoisotopic (exact) mass is 367 g/mol. The lowest BCUT2D eigenvalue weighted by Crippen LogP contribution is -2.48. The summed E-state index contributed by atoms with van der Waals surface area (Å²) in [6.45, 7) is 3.44. The van der Waals surface area contributed by atoms with E-state index < -0.39 is 0 Å². The summed E-state index contributed by atoms with van der Waals surface area (Å²) < 4.78 is 13.1. The smallest absolute Gasteiger partial charge is 0.253 e. The third-order valence-electron chi connectivity index (χ3n) is 5.26. The summed E-state index contributed by atoms with van der Waals surface area (Å²) in [5.74, 6) is -0.0920. The van der Waals surface area contributed by atoms with E-state index in [0.717, 1.165) is 37.4 Å². The number of rotatable bonds is 3. The topological polar surface area (TPSA) is 43.9 Å². The molecule has 5 nitrogen and oxygen atoms in total. The Morgan fingerprint density at radius 2 is 1.44 bits per heavy atom. The molecule has 0 atom stereocenters. The van der Waals surface area contributed by atoms with Crippen molar-refractivity contribution < 1.29 is 14.0 Å². The van der Waals surface area contributed by atoms with Crippen LogP contribution in [0.4, 0.5) is 15.8 Å². The molecule has 27 heavy (non-hydrogen) atoms. The third kappa shape index (κ3) is 3.65. The summed E-state index contributed by atoms with van der Waals surface area (Å²) in [4.78, 5) is 30.4. The Bertz CT molecular complexity index is 828. The number of hydrogen-bond donors (Lipinski definition) is 0. The number of piperazine rings is 1. The van der Waals surface area contributed by atoms with E-state index in [1.54, 1.807) is 29.2 Å². The lowest BCUT2D eigenvalue weighted by molar-refractivity contribution is -0.117. The number of carbonyl (C=O) groups is 2. The highest BCUT2D eigenvalue weighted by Gasteiger charge is 2.24. The number of benzene rings is 2. The van der Waals surface area contributed by atoms with E-state index in [1.165, 1.54) is 12.1 Å². The summed E-state index contributed by atoms with van der Waals surface area (Å²) in [7, 11) is 0. The molecule has 0 N–H and O–H groups in total. The molecule has 140 valence electrons. The molecular formula is C21H22FN3O2. The van der Waals surface area contributed by atoms with Crippen LogP contribution >= 0.6 is 0 Å². The second-order valence-corrected chi connectivity index (χ2v) is 6.95. The number of amides is 2. The van der Waals surface area contributed by atoms with E-state index in [-0.39, 0.29) is 17.6 Å². The minimum Gasteiger partial charge on any atom is -0.368 e. The SMILES string of the molecule is O=C(c1ccc(N2CCCC2=O)cc1)N1CCN(c2ccc(F)cc2)CC1. The number of nitrogens with zero attached hydrogens (tertiary/aromatic N) is 3. The zero-order chi connectivity index (χ0) is 18.8. The van der Waals surface area contributed by atoms with Gasteiger partial charge in [0.25, 0.3) is 5.91 Å². The van der Waals surface area contributed by atoms with Crippen molar-refractivity contribution in [2.75, 3.05) is 42.5 Å². The first-order chi connectivity index (χ1) is 13.1. The van der Waals surface area contributed by atoms with E-state index in [1.807, 2.05) is 17.0 Å². The van der Waals surface area contributed by atoms with Gasteiger partial charge in [-0.1, -0.05) is 0 Å². The fourth-order valence-electron chi connectivity index (χ4n) is 3.71. The molecule has 0 aromatic heterocycles. The fourth-order valence-corrected chi connectivity index (χ4v) is 3.71. The van der Waals surface area contributed by atoms with Crippen LogP contribution in [-0.4, -0.2) is 49.4 Å². The summed E-state index contributed by atoms with van der Waals surface area (Å²) >= 11 is 0. The molecule has 0 saturated carbocycles. The highest BCUT2D eigenvalue weighted by molar-refractivity contribution is 5.97. The van der Waals surface area contributed by atoms with Crippen molar-refractivity contribution in [3.05, 3.63) is 59.9 Å². The molecule has 2 amide bonds. The summed E-state index contributed by atoms with van der Waals surface area (Å²) in [5.41, 5.74) is 2.47. The first-order valence-electron chi connectivity index (χ1n) is 9.32. The second kappa shape index (κ2) is 7.39. The lowest BCUT2D eigenvalue weighted by Gasteiger charge is -2.36. The van der Waals surface area contributed by atoms with Gasteiger partial charge in [0.05, 0.1) is 0 Å². The molecule has 0 bridgehead atoms. The van der Waals surface area contributed by atoms with Crippen LogP contribution in [-0.2, 0) is 4.79 Å². The van der Waals surface area contributed by atoms with Crippen LogP contribution in [0, 0.1) is 5.82 Å². The number of hydrogen-bond acceptors (Lipinski definition) is 3. The van der Waals surface area contributed by atoms with Crippen molar-refractivity contribution in [3.63, 3.8) is 0 Å². The van der Waals surface area contributed by atoms with Crippen molar-refractivity contribution in [2.45, 2.75) is 12.8 Å². The normalized spacial score (nSPS) is 17.5. The van der Waals surface area contributed by atoms with Gasteiger partial charge in [0.1, 0.15) is 5.82 Å². The van der Waals surface area contributed by atoms with Crippen LogP contribution in [0.1, 0.15) is 23.2 Å². The Balaban J connectivity index is 1.37. The molecule has 2 fully saturated rings. The van der Waals surface area contributed by atoms with E-state index in [9.17, 15) is 14.0 Å². The average Bonchev–Trinajstić information content (AvgIpc) is 3.14. The van der Waals surface area contributed by atoms with Gasteiger partial charge in [-0.25, -0.2) is 4.39 Å². The maximum atomic E-state index is 13.1. The van der Waals surface area contributed by atoms with Crippen molar-refractivity contribution in [1.82, 2.24) is 4.90 Å². The quantitative estimate of drug-likeness (QED) is 0.838. The molecule has 2 saturated heterocycles. The molecule has 0 unspecified atom stereocenters. The molecule has 0 radical (unpaired) electrons. The van der Waals surface area contributed by atoms with Crippen LogP contribution in [0.2, 0.25) is 0 Å². The van der Waals surface area contributed by atoms with Crippen LogP contribution in [0.3, 0.4) is 0 Å². The van der Waals surface area contributed by atoms with Gasteiger partial charge in [0.2, 0.25) is 5.91 Å². The zero-order valence-corrected chi connectivity index (χ0v) is 15.1. The van der Waals surface area contributed by atoms with E-state index in [0.29, 0.717) is 25.1 Å². The molecule has 0 spiro atoms. The summed E-state index contributed by atoms with van der Waals surface area (Å²) in [5, 5.41) is 0. The summed E-state index contributed by atoms with van der Waals surface area (Å²) in [6.07, 6.45) is 1.48. The number of anilines is 2. The van der Waals surface area contributed by atoms with Crippen molar-refractivity contribution in [2.24, 2.45) is 0 Å². The Labute approximate surface area is 158 Å². The molecular weight excluding hydrogens is 345 g/mol. The first-order valence-corrected chi connectivity index (χ1v) is 9.32. The van der Waals surface area contributed by atoms with E-state index in [2.05, 4.69) is 4.90 Å². The van der Waals surface area contributed by atoms with Crippen LogP contribution in [0.5, 0.6) is 0 Å². The minimum absolute atomic E-state index is 0.00746. The molecule has 4 rings (SSSR count). The maximum Gasteiger partial charge on any atom is 0.253 e. The van der Waals surface area contributed by atoms with Gasteiger partial charge in [-0.2, -0.15) is 0 Å². The highest BCUT2D eigenvalue weighted by Crippen LogP contribution is 2.23. The Hall–Kier alpha value is -2.89. The van der Waals surface area contributed by atoms with Gasteiger partial charge < -0.3 is 14.7 Å². The molecule has 2 aliphatic rings. The Morgan fingerprint density at radius 3 is 2.04 bits per heavy atom. The third-order valence-corrected chi connectivity index (χ3v) is 5.26. The van der Waals surface area contributed by atoms with Crippen LogP contribution in [0.25, 0.3) is 0 Å². The van der Waals surface area contributed by atoms with Crippen molar-refractivity contribution >= 4 is 23.2 Å². The van der Waals surface area contributed by atoms with E-state index in [4.69, 9.17) is 0 Å². The van der Waals surface area contributed by atoms with E-state index >= 15 is 0 Å².